The second-order valence-corrected chi connectivity index (χ2v) is 6.97. The average Bonchev–Trinajstić information content (AvgIpc) is 3.35. The van der Waals surface area contributed by atoms with E-state index in [0.29, 0.717) is 5.92 Å². The SMILES string of the molecule is c1ccc(CN2CCC(c3nc4ccc(-c5cccnc5)cn4n3)C2)nc1. The molecule has 6 nitrogen and oxygen atoms in total. The third-order valence-electron chi connectivity index (χ3n) is 5.09. The summed E-state index contributed by atoms with van der Waals surface area (Å²) in [6, 6.07) is 14.2. The molecule has 4 aromatic heterocycles. The van der Waals surface area contributed by atoms with E-state index in [-0.39, 0.29) is 0 Å². The van der Waals surface area contributed by atoms with E-state index in [1.54, 1.807) is 6.20 Å². The number of rotatable bonds is 4. The van der Waals surface area contributed by atoms with Gasteiger partial charge >= 0.3 is 0 Å². The van der Waals surface area contributed by atoms with Crippen molar-refractivity contribution in [3.63, 3.8) is 0 Å². The Morgan fingerprint density at radius 2 is 2.00 bits per heavy atom. The molecule has 0 radical (unpaired) electrons. The molecule has 0 spiro atoms. The summed E-state index contributed by atoms with van der Waals surface area (Å²) < 4.78 is 1.89. The maximum absolute atomic E-state index is 4.77. The van der Waals surface area contributed by atoms with Crippen LogP contribution in [0.4, 0.5) is 0 Å². The van der Waals surface area contributed by atoms with Gasteiger partial charge in [-0.05, 0) is 43.3 Å². The molecular weight excluding hydrogens is 336 g/mol. The van der Waals surface area contributed by atoms with Crippen LogP contribution in [0, 0.1) is 0 Å². The average molecular weight is 356 g/mol. The van der Waals surface area contributed by atoms with Gasteiger partial charge in [-0.25, -0.2) is 9.50 Å². The predicted octanol–water partition coefficient (Wildman–Crippen LogP) is 3.18. The Morgan fingerprint density at radius 1 is 1.00 bits per heavy atom. The summed E-state index contributed by atoms with van der Waals surface area (Å²) in [5.74, 6) is 1.30. The second kappa shape index (κ2) is 6.89. The Kier molecular flexibility index (Phi) is 4.10. The summed E-state index contributed by atoms with van der Waals surface area (Å²) in [5, 5.41) is 4.77. The van der Waals surface area contributed by atoms with Crippen LogP contribution in [0.3, 0.4) is 0 Å². The van der Waals surface area contributed by atoms with Crippen molar-refractivity contribution in [1.82, 2.24) is 29.5 Å². The van der Waals surface area contributed by atoms with Crippen LogP contribution in [0.15, 0.2) is 67.3 Å². The quantitative estimate of drug-likeness (QED) is 0.562. The van der Waals surface area contributed by atoms with Gasteiger partial charge in [-0.15, -0.1) is 0 Å². The van der Waals surface area contributed by atoms with Crippen LogP contribution in [-0.4, -0.2) is 42.6 Å². The van der Waals surface area contributed by atoms with Crippen molar-refractivity contribution in [2.75, 3.05) is 13.1 Å². The van der Waals surface area contributed by atoms with E-state index in [9.17, 15) is 0 Å². The normalized spacial score (nSPS) is 17.6. The molecule has 0 amide bonds. The molecule has 0 aromatic carbocycles. The van der Waals surface area contributed by atoms with Crippen molar-refractivity contribution >= 4 is 5.65 Å². The molecule has 1 aliphatic heterocycles. The molecule has 5 heterocycles. The number of fused-ring (bicyclic) bond motifs is 1. The van der Waals surface area contributed by atoms with Crippen molar-refractivity contribution in [3.05, 3.63) is 78.8 Å². The number of aromatic nitrogens is 5. The van der Waals surface area contributed by atoms with Crippen LogP contribution in [0.25, 0.3) is 16.8 Å². The zero-order valence-electron chi connectivity index (χ0n) is 14.9. The summed E-state index contributed by atoms with van der Waals surface area (Å²) in [4.78, 5) is 15.8. The summed E-state index contributed by atoms with van der Waals surface area (Å²) in [7, 11) is 0. The minimum atomic E-state index is 0.371. The van der Waals surface area contributed by atoms with Crippen LogP contribution in [0.1, 0.15) is 23.9 Å². The molecule has 0 bridgehead atoms. The number of hydrogen-bond donors (Lipinski definition) is 0. The van der Waals surface area contributed by atoms with E-state index in [1.807, 2.05) is 47.4 Å². The molecule has 1 aliphatic rings. The van der Waals surface area contributed by atoms with Gasteiger partial charge in [0.15, 0.2) is 11.5 Å². The zero-order chi connectivity index (χ0) is 18.1. The molecule has 5 rings (SSSR count). The van der Waals surface area contributed by atoms with Gasteiger partial charge in [0.25, 0.3) is 0 Å². The summed E-state index contributed by atoms with van der Waals surface area (Å²) in [6.07, 6.45) is 8.62. The van der Waals surface area contributed by atoms with Crippen molar-refractivity contribution in [2.45, 2.75) is 18.9 Å². The molecule has 1 fully saturated rings. The number of pyridine rings is 3. The third-order valence-corrected chi connectivity index (χ3v) is 5.09. The molecule has 0 N–H and O–H groups in total. The first-order valence-corrected chi connectivity index (χ1v) is 9.24. The zero-order valence-corrected chi connectivity index (χ0v) is 14.9. The maximum atomic E-state index is 4.77. The lowest BCUT2D eigenvalue weighted by molar-refractivity contribution is 0.321. The Balaban J connectivity index is 1.35. The summed E-state index contributed by atoms with van der Waals surface area (Å²) in [5.41, 5.74) is 4.18. The smallest absolute Gasteiger partial charge is 0.156 e. The second-order valence-electron chi connectivity index (χ2n) is 6.97. The van der Waals surface area contributed by atoms with Crippen LogP contribution in [0.2, 0.25) is 0 Å². The Morgan fingerprint density at radius 3 is 2.85 bits per heavy atom. The van der Waals surface area contributed by atoms with E-state index in [1.165, 1.54) is 0 Å². The van der Waals surface area contributed by atoms with Gasteiger partial charge in [0, 0.05) is 54.9 Å². The highest BCUT2D eigenvalue weighted by Gasteiger charge is 2.27. The van der Waals surface area contributed by atoms with E-state index in [4.69, 9.17) is 10.1 Å². The summed E-state index contributed by atoms with van der Waals surface area (Å²) in [6.45, 7) is 2.91. The number of nitrogens with zero attached hydrogens (tertiary/aromatic N) is 6. The van der Waals surface area contributed by atoms with Gasteiger partial charge < -0.3 is 0 Å². The fourth-order valence-electron chi connectivity index (χ4n) is 3.69. The van der Waals surface area contributed by atoms with Gasteiger partial charge in [0.2, 0.25) is 0 Å². The van der Waals surface area contributed by atoms with Gasteiger partial charge in [-0.1, -0.05) is 12.1 Å². The van der Waals surface area contributed by atoms with Gasteiger partial charge in [-0.3, -0.25) is 14.9 Å². The molecule has 1 saturated heterocycles. The van der Waals surface area contributed by atoms with Crippen molar-refractivity contribution in [3.8, 4) is 11.1 Å². The van der Waals surface area contributed by atoms with E-state index >= 15 is 0 Å². The molecule has 134 valence electrons. The van der Waals surface area contributed by atoms with Gasteiger partial charge in [0.05, 0.1) is 5.69 Å². The van der Waals surface area contributed by atoms with E-state index < -0.39 is 0 Å². The maximum Gasteiger partial charge on any atom is 0.156 e. The van der Waals surface area contributed by atoms with Gasteiger partial charge in [0.1, 0.15) is 0 Å². The Hall–Kier alpha value is -3.12. The van der Waals surface area contributed by atoms with Crippen LogP contribution in [0.5, 0.6) is 0 Å². The topological polar surface area (TPSA) is 59.2 Å². The highest BCUT2D eigenvalue weighted by molar-refractivity contribution is 5.63. The van der Waals surface area contributed by atoms with Crippen molar-refractivity contribution < 1.29 is 0 Å². The molecule has 1 unspecified atom stereocenters. The Bertz CT molecular complexity index is 1040. The fourth-order valence-corrected chi connectivity index (χ4v) is 3.69. The minimum Gasteiger partial charge on any atom is -0.297 e. The number of hydrogen-bond acceptors (Lipinski definition) is 5. The first kappa shape index (κ1) is 16.1. The van der Waals surface area contributed by atoms with Crippen molar-refractivity contribution in [2.24, 2.45) is 0 Å². The summed E-state index contributed by atoms with van der Waals surface area (Å²) >= 11 is 0. The highest BCUT2D eigenvalue weighted by Crippen LogP contribution is 2.27. The van der Waals surface area contributed by atoms with Crippen LogP contribution < -0.4 is 0 Å². The lowest BCUT2D eigenvalue weighted by Crippen LogP contribution is -2.20. The van der Waals surface area contributed by atoms with E-state index in [0.717, 1.165) is 54.3 Å². The molecule has 0 saturated carbocycles. The highest BCUT2D eigenvalue weighted by atomic mass is 15.3. The molecule has 1 atom stereocenters. The molecule has 6 heteroatoms. The first-order valence-electron chi connectivity index (χ1n) is 9.24. The lowest BCUT2D eigenvalue weighted by Gasteiger charge is -2.14. The molecule has 4 aromatic rings. The first-order chi connectivity index (χ1) is 13.3. The fraction of sp³-hybridized carbons (Fsp3) is 0.238. The van der Waals surface area contributed by atoms with E-state index in [2.05, 4.69) is 33.1 Å². The lowest BCUT2D eigenvalue weighted by atomic mass is 10.1. The van der Waals surface area contributed by atoms with Crippen LogP contribution >= 0.6 is 0 Å². The Labute approximate surface area is 157 Å². The third kappa shape index (κ3) is 3.31. The van der Waals surface area contributed by atoms with Gasteiger partial charge in [-0.2, -0.15) is 5.10 Å². The minimum absolute atomic E-state index is 0.371. The van der Waals surface area contributed by atoms with Crippen LogP contribution in [-0.2, 0) is 6.54 Å². The molecule has 0 aliphatic carbocycles. The standard InChI is InChI=1S/C21H20N6/c1-2-10-23-19(5-1)15-26-11-8-18(13-26)21-24-20-7-6-17(14-27(20)25-21)16-4-3-9-22-12-16/h1-7,9-10,12,14,18H,8,11,13,15H2. The predicted molar refractivity (Wildman–Crippen MR) is 103 cm³/mol. The molecule has 27 heavy (non-hydrogen) atoms. The van der Waals surface area contributed by atoms with Crippen molar-refractivity contribution in [1.29, 1.82) is 0 Å². The number of likely N-dealkylation sites (tertiary alicyclic amines) is 1. The largest absolute Gasteiger partial charge is 0.297 e. The molecular formula is C21H20N6. The monoisotopic (exact) mass is 356 g/mol.